The lowest BCUT2D eigenvalue weighted by Gasteiger charge is -2.30. The average molecular weight is 304 g/mol. The van der Waals surface area contributed by atoms with E-state index in [4.69, 9.17) is 16.7 Å². The number of aromatic carboxylic acids is 1. The van der Waals surface area contributed by atoms with Gasteiger partial charge in [-0.15, -0.1) is 0 Å². The van der Waals surface area contributed by atoms with Crippen molar-refractivity contribution < 1.29 is 14.7 Å². The van der Waals surface area contributed by atoms with Gasteiger partial charge >= 0.3 is 5.97 Å². The van der Waals surface area contributed by atoms with E-state index in [-0.39, 0.29) is 23.2 Å². The summed E-state index contributed by atoms with van der Waals surface area (Å²) in [6, 6.07) is 10.3. The molecule has 2 aromatic rings. The largest absolute Gasteiger partial charge is 0.476 e. The topological polar surface area (TPSA) is 82.5 Å². The number of amides is 1. The predicted molar refractivity (Wildman–Crippen MR) is 78.3 cm³/mol. The highest BCUT2D eigenvalue weighted by Gasteiger charge is 2.24. The third-order valence-corrected chi connectivity index (χ3v) is 3.39. The number of para-hydroxylation sites is 2. The summed E-state index contributed by atoms with van der Waals surface area (Å²) in [6.45, 7) is 0.0602. The Balaban J connectivity index is 2.11. The number of aromatic nitrogens is 1. The Kier molecular flexibility index (Phi) is 3.23. The minimum Gasteiger partial charge on any atom is -0.476 e. The van der Waals surface area contributed by atoms with Gasteiger partial charge in [0.25, 0.3) is 0 Å². The molecule has 0 aliphatic carbocycles. The predicted octanol–water partition coefficient (Wildman–Crippen LogP) is 2.52. The van der Waals surface area contributed by atoms with Crippen molar-refractivity contribution in [2.45, 2.75) is 0 Å². The number of pyridine rings is 1. The maximum Gasteiger partial charge on any atom is 0.356 e. The summed E-state index contributed by atoms with van der Waals surface area (Å²) in [5.41, 5.74) is 1.17. The van der Waals surface area contributed by atoms with Gasteiger partial charge in [0.05, 0.1) is 16.4 Å². The fraction of sp³-hybridized carbons (Fsp3) is 0.0714. The molecule has 0 fully saturated rings. The molecule has 0 radical (unpaired) electrons. The van der Waals surface area contributed by atoms with Gasteiger partial charge < -0.3 is 15.3 Å². The van der Waals surface area contributed by atoms with Crippen molar-refractivity contribution in [2.75, 3.05) is 16.8 Å². The molecule has 1 aromatic heterocycles. The fourth-order valence-corrected chi connectivity index (χ4v) is 2.36. The van der Waals surface area contributed by atoms with Gasteiger partial charge in [-0.3, -0.25) is 4.79 Å². The van der Waals surface area contributed by atoms with E-state index in [9.17, 15) is 9.59 Å². The van der Waals surface area contributed by atoms with E-state index < -0.39 is 5.97 Å². The van der Waals surface area contributed by atoms with Crippen molar-refractivity contribution in [3.8, 4) is 0 Å². The molecule has 6 nitrogen and oxygen atoms in total. The molecule has 1 aliphatic heterocycles. The molecule has 7 heteroatoms. The number of hydrogen-bond donors (Lipinski definition) is 2. The van der Waals surface area contributed by atoms with Gasteiger partial charge in [0.15, 0.2) is 5.69 Å². The molecule has 0 saturated carbocycles. The standard InChI is InChI=1S/C14H10ClN3O3/c15-8-5-6-11(17-13(8)14(20)21)18-7-12(19)16-9-3-1-2-4-10(9)18/h1-6H,7H2,(H,16,19)(H,20,21). The second kappa shape index (κ2) is 5.06. The van der Waals surface area contributed by atoms with Gasteiger partial charge in [-0.25, -0.2) is 9.78 Å². The first kappa shape index (κ1) is 13.4. The Morgan fingerprint density at radius 3 is 2.81 bits per heavy atom. The Morgan fingerprint density at radius 2 is 2.05 bits per heavy atom. The summed E-state index contributed by atoms with van der Waals surface area (Å²) in [5, 5.41) is 11.9. The number of anilines is 3. The molecule has 0 unspecified atom stereocenters. The summed E-state index contributed by atoms with van der Waals surface area (Å²) in [6.07, 6.45) is 0. The number of nitrogens with zero attached hydrogens (tertiary/aromatic N) is 2. The molecule has 3 rings (SSSR count). The van der Waals surface area contributed by atoms with Crippen LogP contribution in [0.1, 0.15) is 10.5 Å². The second-order valence-electron chi connectivity index (χ2n) is 4.46. The summed E-state index contributed by atoms with van der Waals surface area (Å²) in [7, 11) is 0. The average Bonchev–Trinajstić information content (AvgIpc) is 2.46. The molecule has 106 valence electrons. The van der Waals surface area contributed by atoms with Gasteiger partial charge in [-0.05, 0) is 24.3 Å². The van der Waals surface area contributed by atoms with Crippen molar-refractivity contribution in [2.24, 2.45) is 0 Å². The number of benzene rings is 1. The zero-order chi connectivity index (χ0) is 15.0. The number of halogens is 1. The first-order valence-corrected chi connectivity index (χ1v) is 6.50. The Bertz CT molecular complexity index is 748. The van der Waals surface area contributed by atoms with Crippen LogP contribution >= 0.6 is 11.6 Å². The SMILES string of the molecule is O=C1CN(c2ccc(Cl)c(C(=O)O)n2)c2ccccc2N1. The summed E-state index contributed by atoms with van der Waals surface area (Å²) in [5.74, 6) is -1.04. The van der Waals surface area contributed by atoms with Crippen molar-refractivity contribution >= 4 is 40.7 Å². The van der Waals surface area contributed by atoms with E-state index in [2.05, 4.69) is 10.3 Å². The van der Waals surface area contributed by atoms with E-state index in [1.165, 1.54) is 6.07 Å². The number of fused-ring (bicyclic) bond motifs is 1. The summed E-state index contributed by atoms with van der Waals surface area (Å²) >= 11 is 5.82. The summed E-state index contributed by atoms with van der Waals surface area (Å²) in [4.78, 5) is 28.6. The molecule has 2 N–H and O–H groups in total. The number of rotatable bonds is 2. The van der Waals surface area contributed by atoms with Crippen LogP contribution in [0.4, 0.5) is 17.2 Å². The smallest absolute Gasteiger partial charge is 0.356 e. The van der Waals surface area contributed by atoms with Crippen molar-refractivity contribution in [1.29, 1.82) is 0 Å². The second-order valence-corrected chi connectivity index (χ2v) is 4.86. The molecule has 1 aromatic carbocycles. The highest BCUT2D eigenvalue weighted by atomic mass is 35.5. The van der Waals surface area contributed by atoms with Crippen LogP contribution in [0.25, 0.3) is 0 Å². The lowest BCUT2D eigenvalue weighted by Crippen LogP contribution is -2.35. The third kappa shape index (κ3) is 2.41. The number of carbonyl (C=O) groups excluding carboxylic acids is 1. The first-order valence-electron chi connectivity index (χ1n) is 6.12. The molecule has 2 heterocycles. The first-order chi connectivity index (χ1) is 10.1. The van der Waals surface area contributed by atoms with Crippen molar-refractivity contribution in [3.63, 3.8) is 0 Å². The van der Waals surface area contributed by atoms with Crippen LogP contribution in [-0.4, -0.2) is 28.5 Å². The lowest BCUT2D eigenvalue weighted by molar-refractivity contribution is -0.115. The number of carbonyl (C=O) groups is 2. The molecule has 0 bridgehead atoms. The van der Waals surface area contributed by atoms with E-state index in [1.807, 2.05) is 12.1 Å². The van der Waals surface area contributed by atoms with Crippen molar-refractivity contribution in [1.82, 2.24) is 4.98 Å². The van der Waals surface area contributed by atoms with Crippen LogP contribution < -0.4 is 10.2 Å². The number of hydrogen-bond acceptors (Lipinski definition) is 4. The fourth-order valence-electron chi connectivity index (χ4n) is 2.17. The molecule has 1 amide bonds. The molecular weight excluding hydrogens is 294 g/mol. The number of carboxylic acid groups (broad SMARTS) is 1. The quantitative estimate of drug-likeness (QED) is 0.891. The van der Waals surface area contributed by atoms with Crippen molar-refractivity contribution in [3.05, 3.63) is 47.1 Å². The van der Waals surface area contributed by atoms with Gasteiger partial charge in [0.1, 0.15) is 12.4 Å². The van der Waals surface area contributed by atoms with Crippen LogP contribution in [0.3, 0.4) is 0 Å². The van der Waals surface area contributed by atoms with Crippen LogP contribution in [0.15, 0.2) is 36.4 Å². The molecule has 1 aliphatic rings. The van der Waals surface area contributed by atoms with Crippen LogP contribution in [0, 0.1) is 0 Å². The zero-order valence-electron chi connectivity index (χ0n) is 10.7. The number of nitrogens with one attached hydrogen (secondary N) is 1. The van der Waals surface area contributed by atoms with E-state index >= 15 is 0 Å². The van der Waals surface area contributed by atoms with E-state index in [0.717, 1.165) is 5.69 Å². The molecule has 21 heavy (non-hydrogen) atoms. The zero-order valence-corrected chi connectivity index (χ0v) is 11.5. The van der Waals surface area contributed by atoms with Gasteiger partial charge in [-0.2, -0.15) is 0 Å². The summed E-state index contributed by atoms with van der Waals surface area (Å²) < 4.78 is 0. The van der Waals surface area contributed by atoms with E-state index in [1.54, 1.807) is 23.1 Å². The third-order valence-electron chi connectivity index (χ3n) is 3.08. The molecule has 0 atom stereocenters. The minimum atomic E-state index is -1.21. The van der Waals surface area contributed by atoms with Crippen LogP contribution in [0.2, 0.25) is 5.02 Å². The van der Waals surface area contributed by atoms with Gasteiger partial charge in [0, 0.05) is 0 Å². The Labute approximate surface area is 125 Å². The highest BCUT2D eigenvalue weighted by molar-refractivity contribution is 6.33. The Hall–Kier alpha value is -2.60. The lowest BCUT2D eigenvalue weighted by atomic mass is 10.2. The van der Waals surface area contributed by atoms with Gasteiger partial charge in [-0.1, -0.05) is 23.7 Å². The number of carboxylic acids is 1. The van der Waals surface area contributed by atoms with E-state index in [0.29, 0.717) is 11.5 Å². The maximum absolute atomic E-state index is 11.8. The van der Waals surface area contributed by atoms with Crippen LogP contribution in [0.5, 0.6) is 0 Å². The highest BCUT2D eigenvalue weighted by Crippen LogP contribution is 2.34. The maximum atomic E-state index is 11.8. The normalized spacial score (nSPS) is 13.6. The van der Waals surface area contributed by atoms with Gasteiger partial charge in [0.2, 0.25) is 5.91 Å². The molecule has 0 spiro atoms. The molecule has 0 saturated heterocycles. The van der Waals surface area contributed by atoms with Crippen LogP contribution in [-0.2, 0) is 4.79 Å². The molecular formula is C14H10ClN3O3. The minimum absolute atomic E-state index is 0.0565. The Morgan fingerprint density at radius 1 is 1.29 bits per heavy atom. The monoisotopic (exact) mass is 303 g/mol.